The summed E-state index contributed by atoms with van der Waals surface area (Å²) in [5.41, 5.74) is 3.44. The molecule has 0 aliphatic heterocycles. The number of hydrogen-bond donors (Lipinski definition) is 4. The maximum atomic E-state index is 13.3. The Labute approximate surface area is 227 Å². The van der Waals surface area contributed by atoms with Gasteiger partial charge in [0.15, 0.2) is 5.65 Å². The van der Waals surface area contributed by atoms with Crippen LogP contribution in [0.5, 0.6) is 5.75 Å². The normalized spacial score (nSPS) is 13.0. The van der Waals surface area contributed by atoms with Crippen molar-refractivity contribution in [2.45, 2.75) is 32.1 Å². The molecule has 1 fully saturated rings. The van der Waals surface area contributed by atoms with E-state index in [1.54, 1.807) is 47.3 Å². The van der Waals surface area contributed by atoms with Crippen LogP contribution in [0, 0.1) is 6.92 Å². The van der Waals surface area contributed by atoms with Gasteiger partial charge in [0.05, 0.1) is 22.1 Å². The van der Waals surface area contributed by atoms with Crippen LogP contribution >= 0.6 is 11.6 Å². The number of benzene rings is 2. The predicted molar refractivity (Wildman–Crippen MR) is 149 cm³/mol. The fraction of sp³-hybridized carbons (Fsp3) is 0.179. The molecule has 1 aliphatic rings. The Balaban J connectivity index is 1.30. The smallest absolute Gasteiger partial charge is 0.324 e. The monoisotopic (exact) mass is 541 g/mol. The number of phenolic OH excluding ortho intramolecular Hbond substituents is 1. The van der Waals surface area contributed by atoms with Crippen molar-refractivity contribution >= 4 is 40.2 Å². The number of carbonyl (C=O) groups excluding carboxylic acids is 1. The summed E-state index contributed by atoms with van der Waals surface area (Å²) in [6, 6.07) is 15.0. The average molecular weight is 542 g/mol. The first-order chi connectivity index (χ1) is 18.9. The predicted octanol–water partition coefficient (Wildman–Crippen LogP) is 5.28. The number of halogens is 1. The van der Waals surface area contributed by atoms with Crippen molar-refractivity contribution in [2.75, 3.05) is 10.6 Å². The maximum absolute atomic E-state index is 13.3. The summed E-state index contributed by atoms with van der Waals surface area (Å²) in [5, 5.41) is 21.5. The second-order valence-corrected chi connectivity index (χ2v) is 9.92. The molecule has 1 saturated carbocycles. The van der Waals surface area contributed by atoms with E-state index in [4.69, 9.17) is 21.7 Å². The molecule has 0 spiro atoms. The van der Waals surface area contributed by atoms with E-state index >= 15 is 0 Å². The summed E-state index contributed by atoms with van der Waals surface area (Å²) in [7, 11) is 0. The van der Waals surface area contributed by atoms with Crippen LogP contribution in [0.25, 0.3) is 16.7 Å². The second-order valence-electron chi connectivity index (χ2n) is 9.51. The molecule has 0 unspecified atom stereocenters. The molecule has 39 heavy (non-hydrogen) atoms. The standard InChI is InChI=1S/C28H24ClN7O3/c1-15-5-4-6-18(29)25(15)36-26-23(24(35-36)17-9-10-17)27(38)33-22(32-26)14-16-8-11-19(20(37)13-16)31-28(39)34-21-7-2-3-12-30-21/h2-8,11-13,17,37H,9-10,14H2,1H3,(H,32,33,38)(H2,30,31,34,39). The summed E-state index contributed by atoms with van der Waals surface area (Å²) in [6.45, 7) is 1.94. The molecule has 4 N–H and O–H groups in total. The van der Waals surface area contributed by atoms with Crippen molar-refractivity contribution < 1.29 is 9.90 Å². The quantitative estimate of drug-likeness (QED) is 0.216. The number of rotatable bonds is 6. The summed E-state index contributed by atoms with van der Waals surface area (Å²) >= 11 is 6.55. The molecular weight excluding hydrogens is 518 g/mol. The van der Waals surface area contributed by atoms with Gasteiger partial charge in [0.25, 0.3) is 5.56 Å². The van der Waals surface area contributed by atoms with Crippen LogP contribution < -0.4 is 16.2 Å². The van der Waals surface area contributed by atoms with Crippen molar-refractivity contribution in [3.05, 3.63) is 98.8 Å². The number of carbonyl (C=O) groups is 1. The van der Waals surface area contributed by atoms with E-state index in [1.165, 1.54) is 6.07 Å². The molecule has 0 atom stereocenters. The minimum atomic E-state index is -0.539. The number of phenols is 1. The van der Waals surface area contributed by atoms with Gasteiger partial charge >= 0.3 is 6.03 Å². The third-order valence-electron chi connectivity index (χ3n) is 6.57. The number of aromatic hydroxyl groups is 1. The first kappa shape index (κ1) is 24.6. The van der Waals surface area contributed by atoms with Crippen LogP contribution in [0.1, 0.15) is 41.4 Å². The molecule has 3 heterocycles. The van der Waals surface area contributed by atoms with Gasteiger partial charge in [-0.1, -0.05) is 35.9 Å². The number of H-pyrrole nitrogens is 1. The van der Waals surface area contributed by atoms with Gasteiger partial charge in [0.1, 0.15) is 22.8 Å². The van der Waals surface area contributed by atoms with Crippen molar-refractivity contribution in [3.8, 4) is 11.4 Å². The molecule has 196 valence electrons. The van der Waals surface area contributed by atoms with Gasteiger partial charge in [-0.2, -0.15) is 5.10 Å². The Hall–Kier alpha value is -4.70. The van der Waals surface area contributed by atoms with Crippen LogP contribution in [0.15, 0.2) is 65.6 Å². The molecule has 6 rings (SSSR count). The number of para-hydroxylation sites is 1. The Kier molecular flexibility index (Phi) is 6.24. The van der Waals surface area contributed by atoms with E-state index in [0.717, 1.165) is 24.1 Å². The number of urea groups is 1. The van der Waals surface area contributed by atoms with Gasteiger partial charge < -0.3 is 15.4 Å². The number of fused-ring (bicyclic) bond motifs is 1. The molecule has 1 aliphatic carbocycles. The highest BCUT2D eigenvalue weighted by molar-refractivity contribution is 6.32. The van der Waals surface area contributed by atoms with Gasteiger partial charge in [-0.25, -0.2) is 19.4 Å². The summed E-state index contributed by atoms with van der Waals surface area (Å²) in [5.74, 6) is 0.901. The summed E-state index contributed by atoms with van der Waals surface area (Å²) in [4.78, 5) is 37.3. The Morgan fingerprint density at radius 3 is 2.72 bits per heavy atom. The van der Waals surface area contributed by atoms with E-state index in [1.807, 2.05) is 19.1 Å². The highest BCUT2D eigenvalue weighted by Gasteiger charge is 2.32. The van der Waals surface area contributed by atoms with E-state index in [-0.39, 0.29) is 29.3 Å². The van der Waals surface area contributed by atoms with Crippen molar-refractivity contribution in [3.63, 3.8) is 0 Å². The highest BCUT2D eigenvalue weighted by atomic mass is 35.5. The van der Waals surface area contributed by atoms with E-state index in [0.29, 0.717) is 38.9 Å². The minimum Gasteiger partial charge on any atom is -0.506 e. The van der Waals surface area contributed by atoms with E-state index < -0.39 is 6.03 Å². The van der Waals surface area contributed by atoms with Crippen molar-refractivity contribution in [1.82, 2.24) is 24.7 Å². The Morgan fingerprint density at radius 1 is 1.15 bits per heavy atom. The average Bonchev–Trinajstić information content (AvgIpc) is 3.68. The van der Waals surface area contributed by atoms with Crippen LogP contribution in [-0.2, 0) is 6.42 Å². The van der Waals surface area contributed by atoms with Gasteiger partial charge in [0.2, 0.25) is 0 Å². The fourth-order valence-corrected chi connectivity index (χ4v) is 4.86. The van der Waals surface area contributed by atoms with E-state index in [9.17, 15) is 14.7 Å². The molecule has 11 heteroatoms. The third-order valence-corrected chi connectivity index (χ3v) is 6.87. The zero-order chi connectivity index (χ0) is 27.1. The number of pyridine rings is 1. The maximum Gasteiger partial charge on any atom is 0.324 e. The number of aromatic nitrogens is 5. The topological polar surface area (TPSA) is 138 Å². The number of amides is 2. The third kappa shape index (κ3) is 4.94. The lowest BCUT2D eigenvalue weighted by molar-refractivity contribution is 0.262. The van der Waals surface area contributed by atoms with Gasteiger partial charge in [0, 0.05) is 18.5 Å². The lowest BCUT2D eigenvalue weighted by Crippen LogP contribution is -2.20. The first-order valence-electron chi connectivity index (χ1n) is 12.5. The van der Waals surface area contributed by atoms with Gasteiger partial charge in [-0.15, -0.1) is 0 Å². The zero-order valence-electron chi connectivity index (χ0n) is 20.9. The van der Waals surface area contributed by atoms with Crippen molar-refractivity contribution in [2.24, 2.45) is 0 Å². The molecular formula is C28H24ClN7O3. The van der Waals surface area contributed by atoms with Gasteiger partial charge in [-0.05, 0) is 61.2 Å². The molecule has 2 amide bonds. The van der Waals surface area contributed by atoms with Crippen molar-refractivity contribution in [1.29, 1.82) is 0 Å². The number of hydrogen-bond acceptors (Lipinski definition) is 6. The van der Waals surface area contributed by atoms with Crippen LogP contribution in [0.4, 0.5) is 16.3 Å². The van der Waals surface area contributed by atoms with Crippen LogP contribution in [0.3, 0.4) is 0 Å². The lowest BCUT2D eigenvalue weighted by atomic mass is 10.1. The largest absolute Gasteiger partial charge is 0.506 e. The SMILES string of the molecule is Cc1cccc(Cl)c1-n1nc(C2CC2)c2c(=O)[nH]c(Cc3ccc(NC(=O)Nc4ccccn4)c(O)c3)nc21. The molecule has 0 bridgehead atoms. The number of anilines is 2. The molecule has 3 aromatic heterocycles. The number of nitrogens with zero attached hydrogens (tertiary/aromatic N) is 4. The highest BCUT2D eigenvalue weighted by Crippen LogP contribution is 2.42. The van der Waals surface area contributed by atoms with E-state index in [2.05, 4.69) is 20.6 Å². The number of aryl methyl sites for hydroxylation is 1. The molecule has 5 aromatic rings. The lowest BCUT2D eigenvalue weighted by Gasteiger charge is -2.11. The second kappa shape index (κ2) is 9.88. The number of nitrogens with one attached hydrogen (secondary N) is 3. The summed E-state index contributed by atoms with van der Waals surface area (Å²) in [6.07, 6.45) is 3.76. The molecule has 0 saturated heterocycles. The molecule has 2 aromatic carbocycles. The molecule has 0 radical (unpaired) electrons. The van der Waals surface area contributed by atoms with Crippen LogP contribution in [-0.4, -0.2) is 35.9 Å². The fourth-order valence-electron chi connectivity index (χ4n) is 4.56. The summed E-state index contributed by atoms with van der Waals surface area (Å²) < 4.78 is 1.67. The Morgan fingerprint density at radius 2 is 2.00 bits per heavy atom. The number of aromatic amines is 1. The van der Waals surface area contributed by atoms with Crippen LogP contribution in [0.2, 0.25) is 5.02 Å². The molecule has 10 nitrogen and oxygen atoms in total. The zero-order valence-corrected chi connectivity index (χ0v) is 21.7. The minimum absolute atomic E-state index is 0.125. The van der Waals surface area contributed by atoms with Gasteiger partial charge in [-0.3, -0.25) is 10.1 Å². The Bertz CT molecular complexity index is 1760. The first-order valence-corrected chi connectivity index (χ1v) is 12.8.